The van der Waals surface area contributed by atoms with Crippen molar-refractivity contribution in [3.63, 3.8) is 0 Å². The van der Waals surface area contributed by atoms with Crippen LogP contribution in [0.2, 0.25) is 0 Å². The molecule has 0 fully saturated rings. The maximum Gasteiger partial charge on any atom is 0.172 e. The summed E-state index contributed by atoms with van der Waals surface area (Å²) in [5.41, 5.74) is 6.89. The zero-order valence-corrected chi connectivity index (χ0v) is 13.4. The van der Waals surface area contributed by atoms with E-state index in [1.165, 1.54) is 12.1 Å². The molecule has 0 spiro atoms. The molecule has 0 heterocycles. The summed E-state index contributed by atoms with van der Waals surface area (Å²) in [6.45, 7) is 0.384. The Kier molecular flexibility index (Phi) is 5.83. The first-order valence-electron chi connectivity index (χ1n) is 7.10. The third kappa shape index (κ3) is 3.77. The zero-order chi connectivity index (χ0) is 19.3. The zero-order valence-electron chi connectivity index (χ0n) is 13.4. The highest BCUT2D eigenvalue weighted by Crippen LogP contribution is 2.30. The Balaban J connectivity index is 2.37. The van der Waals surface area contributed by atoms with E-state index >= 15 is 0 Å². The van der Waals surface area contributed by atoms with E-state index in [2.05, 4.69) is 20.9 Å². The molecule has 132 valence electrons. The molecule has 0 atom stereocenters. The molecule has 2 rings (SSSR count). The lowest BCUT2D eigenvalue weighted by Crippen LogP contribution is -2.16. The summed E-state index contributed by atoms with van der Waals surface area (Å²) in [6.07, 6.45) is 5.87. The van der Waals surface area contributed by atoms with Gasteiger partial charge in [-0.1, -0.05) is 11.0 Å². The minimum Gasteiger partial charge on any atom is -0.363 e. The predicted octanol–water partition coefficient (Wildman–Crippen LogP) is 5.00. The molecular formula is C17H11F4N5. The molecule has 0 amide bonds. The lowest BCUT2D eigenvalue weighted by molar-refractivity contribution is 0.455. The monoisotopic (exact) mass is 361 g/mol. The molecule has 0 saturated heterocycles. The van der Waals surface area contributed by atoms with Gasteiger partial charge >= 0.3 is 0 Å². The number of hydrogen-bond donors (Lipinski definition) is 0. The van der Waals surface area contributed by atoms with Gasteiger partial charge in [-0.3, -0.25) is 4.99 Å². The van der Waals surface area contributed by atoms with Crippen molar-refractivity contribution in [2.45, 2.75) is 0 Å². The van der Waals surface area contributed by atoms with Crippen molar-refractivity contribution in [2.75, 3.05) is 18.5 Å². The Morgan fingerprint density at radius 2 is 1.69 bits per heavy atom. The minimum atomic E-state index is -1.80. The third-order valence-corrected chi connectivity index (χ3v) is 3.38. The van der Waals surface area contributed by atoms with Gasteiger partial charge in [0.15, 0.2) is 23.3 Å². The summed E-state index contributed by atoms with van der Waals surface area (Å²) < 4.78 is 55.2. The average Bonchev–Trinajstić information content (AvgIpc) is 2.64. The van der Waals surface area contributed by atoms with Crippen LogP contribution in [0, 0.1) is 35.6 Å². The van der Waals surface area contributed by atoms with Crippen LogP contribution in [0.5, 0.6) is 0 Å². The number of azide groups is 1. The normalized spacial score (nSPS) is 10.5. The van der Waals surface area contributed by atoms with Gasteiger partial charge < -0.3 is 4.90 Å². The van der Waals surface area contributed by atoms with Gasteiger partial charge in [0, 0.05) is 23.9 Å². The van der Waals surface area contributed by atoms with Gasteiger partial charge in [0.05, 0.1) is 17.8 Å². The molecule has 0 saturated carbocycles. The fourth-order valence-electron chi connectivity index (χ4n) is 2.04. The second-order valence-electron chi connectivity index (χ2n) is 5.04. The van der Waals surface area contributed by atoms with Crippen LogP contribution in [0.1, 0.15) is 5.56 Å². The number of benzene rings is 2. The van der Waals surface area contributed by atoms with Crippen LogP contribution < -0.4 is 4.90 Å². The van der Waals surface area contributed by atoms with Crippen LogP contribution in [0.4, 0.5) is 34.6 Å². The number of aliphatic imine (C=N–C) groups is 1. The first kappa shape index (κ1) is 18.8. The standard InChI is InChI=1S/C17H11F4N5/c1-3-8-26(2)11-6-4-10(5-7-11)23-9-12-13(18)15(20)17(24-25-22)16(21)14(12)19/h1,4-7,9H,8H2,2H3. The summed E-state index contributed by atoms with van der Waals surface area (Å²) >= 11 is 0. The van der Waals surface area contributed by atoms with Crippen molar-refractivity contribution in [3.8, 4) is 12.3 Å². The highest BCUT2D eigenvalue weighted by molar-refractivity contribution is 5.83. The molecule has 26 heavy (non-hydrogen) atoms. The fraction of sp³-hybridized carbons (Fsp3) is 0.118. The van der Waals surface area contributed by atoms with Crippen molar-refractivity contribution in [1.82, 2.24) is 0 Å². The lowest BCUT2D eigenvalue weighted by atomic mass is 10.1. The van der Waals surface area contributed by atoms with Gasteiger partial charge in [0.25, 0.3) is 0 Å². The van der Waals surface area contributed by atoms with E-state index in [9.17, 15) is 17.6 Å². The predicted molar refractivity (Wildman–Crippen MR) is 90.9 cm³/mol. The average molecular weight is 361 g/mol. The quantitative estimate of drug-likeness (QED) is 0.140. The number of hydrogen-bond acceptors (Lipinski definition) is 3. The van der Waals surface area contributed by atoms with Crippen LogP contribution in [-0.2, 0) is 0 Å². The highest BCUT2D eigenvalue weighted by Gasteiger charge is 2.23. The van der Waals surface area contributed by atoms with E-state index in [0.29, 0.717) is 18.4 Å². The van der Waals surface area contributed by atoms with Crippen molar-refractivity contribution < 1.29 is 17.6 Å². The van der Waals surface area contributed by atoms with Gasteiger partial charge in [-0.15, -0.1) is 6.42 Å². The molecule has 2 aromatic rings. The summed E-state index contributed by atoms with van der Waals surface area (Å²) in [7, 11) is 1.78. The molecule has 0 bridgehead atoms. The van der Waals surface area contributed by atoms with Crippen LogP contribution in [0.25, 0.3) is 10.4 Å². The second kappa shape index (κ2) is 8.05. The minimum absolute atomic E-state index is 0.293. The molecule has 0 unspecified atom stereocenters. The summed E-state index contributed by atoms with van der Waals surface area (Å²) in [4.78, 5) is 7.72. The Labute approximate surface area is 146 Å². The SMILES string of the molecule is C#CCN(C)c1ccc(N=Cc2c(F)c(F)c(N=[N+]=[N-])c(F)c2F)cc1. The topological polar surface area (TPSA) is 64.4 Å². The summed E-state index contributed by atoms with van der Waals surface area (Å²) in [5.74, 6) is -4.53. The molecule has 0 aliphatic carbocycles. The van der Waals surface area contributed by atoms with Gasteiger partial charge in [0.2, 0.25) is 0 Å². The number of terminal acetylenes is 1. The van der Waals surface area contributed by atoms with Crippen molar-refractivity contribution >= 4 is 23.3 Å². The molecule has 0 N–H and O–H groups in total. The summed E-state index contributed by atoms with van der Waals surface area (Å²) in [5, 5.41) is 2.62. The maximum absolute atomic E-state index is 13.9. The highest BCUT2D eigenvalue weighted by atomic mass is 19.2. The van der Waals surface area contributed by atoms with E-state index in [4.69, 9.17) is 12.0 Å². The molecule has 2 aromatic carbocycles. The summed E-state index contributed by atoms with van der Waals surface area (Å²) in [6, 6.07) is 6.41. The first-order chi connectivity index (χ1) is 12.4. The lowest BCUT2D eigenvalue weighted by Gasteiger charge is -2.15. The van der Waals surface area contributed by atoms with E-state index < -0.39 is 34.5 Å². The Hall–Kier alpha value is -3.50. The van der Waals surface area contributed by atoms with Crippen molar-refractivity contribution in [3.05, 3.63) is 63.5 Å². The van der Waals surface area contributed by atoms with Gasteiger partial charge in [0.1, 0.15) is 5.69 Å². The Morgan fingerprint density at radius 1 is 1.12 bits per heavy atom. The number of nitrogens with zero attached hydrogens (tertiary/aromatic N) is 5. The van der Waals surface area contributed by atoms with Gasteiger partial charge in [-0.2, -0.15) is 0 Å². The molecule has 5 nitrogen and oxygen atoms in total. The molecule has 0 aliphatic rings. The maximum atomic E-state index is 13.9. The van der Waals surface area contributed by atoms with Crippen LogP contribution >= 0.6 is 0 Å². The molecule has 0 aliphatic heterocycles. The third-order valence-electron chi connectivity index (χ3n) is 3.38. The largest absolute Gasteiger partial charge is 0.363 e. The van der Waals surface area contributed by atoms with E-state index in [-0.39, 0.29) is 0 Å². The van der Waals surface area contributed by atoms with Crippen molar-refractivity contribution in [2.24, 2.45) is 10.1 Å². The number of halogens is 4. The Bertz CT molecular complexity index is 912. The molecule has 9 heteroatoms. The van der Waals surface area contributed by atoms with Gasteiger partial charge in [-0.05, 0) is 29.8 Å². The molecule has 0 radical (unpaired) electrons. The van der Waals surface area contributed by atoms with Crippen LogP contribution in [0.15, 0.2) is 34.4 Å². The molecule has 0 aromatic heterocycles. The molecular weight excluding hydrogens is 350 g/mol. The van der Waals surface area contributed by atoms with Crippen molar-refractivity contribution in [1.29, 1.82) is 0 Å². The Morgan fingerprint density at radius 3 is 2.19 bits per heavy atom. The smallest absolute Gasteiger partial charge is 0.172 e. The van der Waals surface area contributed by atoms with Crippen LogP contribution in [0.3, 0.4) is 0 Å². The van der Waals surface area contributed by atoms with E-state index in [1.807, 2.05) is 0 Å². The van der Waals surface area contributed by atoms with Gasteiger partial charge in [-0.25, -0.2) is 17.6 Å². The second-order valence-corrected chi connectivity index (χ2v) is 5.04. The number of rotatable bonds is 5. The van der Waals surface area contributed by atoms with E-state index in [0.717, 1.165) is 5.69 Å². The van der Waals surface area contributed by atoms with Crippen LogP contribution in [-0.4, -0.2) is 19.8 Å². The number of anilines is 1. The van der Waals surface area contributed by atoms with E-state index in [1.54, 1.807) is 24.1 Å². The fourth-order valence-corrected chi connectivity index (χ4v) is 2.04. The first-order valence-corrected chi connectivity index (χ1v) is 7.10.